The van der Waals surface area contributed by atoms with Gasteiger partial charge in [0.2, 0.25) is 0 Å². The van der Waals surface area contributed by atoms with Crippen molar-refractivity contribution in [1.29, 1.82) is 0 Å². The van der Waals surface area contributed by atoms with E-state index in [4.69, 9.17) is 0 Å². The Labute approximate surface area is 119 Å². The first kappa shape index (κ1) is 13.3. The Bertz CT molecular complexity index is 579. The Balaban J connectivity index is 1.82. The van der Waals surface area contributed by atoms with Gasteiger partial charge < -0.3 is 5.32 Å². The number of rotatable bonds is 3. The minimum atomic E-state index is -0.142. The first-order valence-electron chi connectivity index (χ1n) is 7.27. The van der Waals surface area contributed by atoms with E-state index in [9.17, 15) is 4.39 Å². The quantitative estimate of drug-likeness (QED) is 0.893. The molecule has 0 saturated carbocycles. The lowest BCUT2D eigenvalue weighted by molar-refractivity contribution is 0.540. The van der Waals surface area contributed by atoms with Gasteiger partial charge in [0, 0.05) is 12.0 Å². The maximum absolute atomic E-state index is 13.3. The third kappa shape index (κ3) is 2.75. The summed E-state index contributed by atoms with van der Waals surface area (Å²) in [4.78, 5) is 0. The summed E-state index contributed by atoms with van der Waals surface area (Å²) in [5, 5.41) is 3.60. The van der Waals surface area contributed by atoms with Crippen molar-refractivity contribution in [3.63, 3.8) is 0 Å². The van der Waals surface area contributed by atoms with Crippen molar-refractivity contribution in [2.24, 2.45) is 0 Å². The van der Waals surface area contributed by atoms with Crippen LogP contribution in [-0.2, 0) is 6.42 Å². The molecule has 1 heterocycles. The molecule has 2 unspecified atom stereocenters. The van der Waals surface area contributed by atoms with Crippen LogP contribution < -0.4 is 5.32 Å². The molecule has 0 aromatic heterocycles. The zero-order chi connectivity index (χ0) is 13.9. The van der Waals surface area contributed by atoms with Gasteiger partial charge in [-0.1, -0.05) is 36.4 Å². The monoisotopic (exact) mass is 269 g/mol. The molecule has 0 spiro atoms. The molecule has 2 aromatic rings. The van der Waals surface area contributed by atoms with Crippen LogP contribution in [0.1, 0.15) is 29.0 Å². The summed E-state index contributed by atoms with van der Waals surface area (Å²) in [6, 6.07) is 16.2. The molecule has 3 rings (SSSR count). The van der Waals surface area contributed by atoms with Gasteiger partial charge in [-0.25, -0.2) is 4.39 Å². The molecule has 0 radical (unpaired) electrons. The van der Waals surface area contributed by atoms with Gasteiger partial charge in [0.25, 0.3) is 0 Å². The highest BCUT2D eigenvalue weighted by molar-refractivity contribution is 5.33. The molecule has 2 heteroatoms. The van der Waals surface area contributed by atoms with E-state index in [1.807, 2.05) is 19.1 Å². The van der Waals surface area contributed by atoms with Crippen LogP contribution in [0.2, 0.25) is 0 Å². The third-order valence-electron chi connectivity index (χ3n) is 4.28. The Morgan fingerprint density at radius 1 is 1.15 bits per heavy atom. The fourth-order valence-electron chi connectivity index (χ4n) is 3.28. The Kier molecular flexibility index (Phi) is 3.83. The van der Waals surface area contributed by atoms with Crippen molar-refractivity contribution in [3.8, 4) is 0 Å². The lowest BCUT2D eigenvalue weighted by atomic mass is 9.86. The smallest absolute Gasteiger partial charge is 0.123 e. The van der Waals surface area contributed by atoms with Gasteiger partial charge in [0.1, 0.15) is 5.82 Å². The molecule has 0 bridgehead atoms. The predicted octanol–water partition coefficient (Wildman–Crippen LogP) is 3.82. The number of hydrogen-bond donors (Lipinski definition) is 1. The zero-order valence-corrected chi connectivity index (χ0v) is 11.8. The molecule has 1 saturated heterocycles. The second-order valence-electron chi connectivity index (χ2n) is 5.65. The van der Waals surface area contributed by atoms with E-state index < -0.39 is 0 Å². The largest absolute Gasteiger partial charge is 0.313 e. The normalized spacial score (nSPS) is 22.1. The lowest BCUT2D eigenvalue weighted by Crippen LogP contribution is -2.28. The summed E-state index contributed by atoms with van der Waals surface area (Å²) < 4.78 is 13.3. The van der Waals surface area contributed by atoms with Gasteiger partial charge in [-0.05, 0) is 55.1 Å². The van der Waals surface area contributed by atoms with Crippen LogP contribution in [0.5, 0.6) is 0 Å². The number of aryl methyl sites for hydroxylation is 1. The van der Waals surface area contributed by atoms with Crippen LogP contribution in [0.4, 0.5) is 4.39 Å². The molecule has 104 valence electrons. The zero-order valence-electron chi connectivity index (χ0n) is 11.8. The SMILES string of the molecule is Cc1cc(F)ccc1C1CCNC1Cc1ccccc1. The number of benzene rings is 2. The van der Waals surface area contributed by atoms with E-state index in [0.717, 1.165) is 24.9 Å². The average molecular weight is 269 g/mol. The van der Waals surface area contributed by atoms with E-state index in [0.29, 0.717) is 12.0 Å². The van der Waals surface area contributed by atoms with Crippen LogP contribution >= 0.6 is 0 Å². The van der Waals surface area contributed by atoms with Gasteiger partial charge in [-0.15, -0.1) is 0 Å². The van der Waals surface area contributed by atoms with E-state index in [1.165, 1.54) is 11.1 Å². The van der Waals surface area contributed by atoms with E-state index in [-0.39, 0.29) is 5.82 Å². The van der Waals surface area contributed by atoms with Crippen molar-refractivity contribution in [1.82, 2.24) is 5.32 Å². The van der Waals surface area contributed by atoms with Crippen molar-refractivity contribution < 1.29 is 4.39 Å². The number of nitrogens with one attached hydrogen (secondary N) is 1. The molecule has 1 nitrogen and oxygen atoms in total. The first-order valence-corrected chi connectivity index (χ1v) is 7.27. The minimum absolute atomic E-state index is 0.142. The molecular weight excluding hydrogens is 249 g/mol. The molecule has 1 N–H and O–H groups in total. The highest BCUT2D eigenvalue weighted by atomic mass is 19.1. The van der Waals surface area contributed by atoms with Gasteiger partial charge in [-0.2, -0.15) is 0 Å². The molecule has 1 fully saturated rings. The summed E-state index contributed by atoms with van der Waals surface area (Å²) in [5.74, 6) is 0.340. The topological polar surface area (TPSA) is 12.0 Å². The van der Waals surface area contributed by atoms with Crippen LogP contribution in [0.25, 0.3) is 0 Å². The second-order valence-corrected chi connectivity index (χ2v) is 5.65. The standard InChI is InChI=1S/C18H20FN/c1-13-11-15(19)7-8-16(13)17-9-10-20-18(17)12-14-5-3-2-4-6-14/h2-8,11,17-18,20H,9-10,12H2,1H3. The highest BCUT2D eigenvalue weighted by Gasteiger charge is 2.29. The third-order valence-corrected chi connectivity index (χ3v) is 4.28. The summed E-state index contributed by atoms with van der Waals surface area (Å²) in [7, 11) is 0. The van der Waals surface area contributed by atoms with Crippen LogP contribution in [0.3, 0.4) is 0 Å². The maximum atomic E-state index is 13.3. The number of hydrogen-bond acceptors (Lipinski definition) is 1. The predicted molar refractivity (Wildman–Crippen MR) is 80.4 cm³/mol. The Morgan fingerprint density at radius 3 is 2.70 bits per heavy atom. The molecule has 1 aliphatic rings. The maximum Gasteiger partial charge on any atom is 0.123 e. The van der Waals surface area contributed by atoms with Crippen molar-refractivity contribution in [2.75, 3.05) is 6.54 Å². The van der Waals surface area contributed by atoms with Crippen molar-refractivity contribution >= 4 is 0 Å². The van der Waals surface area contributed by atoms with E-state index in [1.54, 1.807) is 12.1 Å². The van der Waals surface area contributed by atoms with Crippen LogP contribution in [-0.4, -0.2) is 12.6 Å². The molecule has 0 aliphatic carbocycles. The minimum Gasteiger partial charge on any atom is -0.313 e. The fraction of sp³-hybridized carbons (Fsp3) is 0.333. The van der Waals surface area contributed by atoms with Gasteiger partial charge in [0.15, 0.2) is 0 Å². The second kappa shape index (κ2) is 5.76. The summed E-state index contributed by atoms with van der Waals surface area (Å²) >= 11 is 0. The molecule has 2 atom stereocenters. The van der Waals surface area contributed by atoms with E-state index >= 15 is 0 Å². The highest BCUT2D eigenvalue weighted by Crippen LogP contribution is 2.32. The van der Waals surface area contributed by atoms with Crippen LogP contribution in [0.15, 0.2) is 48.5 Å². The van der Waals surface area contributed by atoms with Gasteiger partial charge in [-0.3, -0.25) is 0 Å². The summed E-state index contributed by atoms with van der Waals surface area (Å²) in [6.45, 7) is 3.05. The lowest BCUT2D eigenvalue weighted by Gasteiger charge is -2.22. The average Bonchev–Trinajstić information content (AvgIpc) is 2.88. The molecule has 0 amide bonds. The van der Waals surface area contributed by atoms with Gasteiger partial charge >= 0.3 is 0 Å². The van der Waals surface area contributed by atoms with Crippen LogP contribution in [0, 0.1) is 12.7 Å². The molecule has 1 aliphatic heterocycles. The van der Waals surface area contributed by atoms with Crippen molar-refractivity contribution in [3.05, 3.63) is 71.0 Å². The number of halogens is 1. The Hall–Kier alpha value is -1.67. The Morgan fingerprint density at radius 2 is 1.95 bits per heavy atom. The summed E-state index contributed by atoms with van der Waals surface area (Å²) in [5.41, 5.74) is 3.71. The molecular formula is C18H20FN. The van der Waals surface area contributed by atoms with E-state index in [2.05, 4.69) is 29.6 Å². The summed E-state index contributed by atoms with van der Waals surface area (Å²) in [6.07, 6.45) is 2.16. The molecule has 20 heavy (non-hydrogen) atoms. The first-order chi connectivity index (χ1) is 9.74. The van der Waals surface area contributed by atoms with Crippen molar-refractivity contribution in [2.45, 2.75) is 31.7 Å². The fourth-order valence-corrected chi connectivity index (χ4v) is 3.28. The molecule has 2 aromatic carbocycles. The van der Waals surface area contributed by atoms with Gasteiger partial charge in [0.05, 0.1) is 0 Å².